The van der Waals surface area contributed by atoms with Gasteiger partial charge in [-0.3, -0.25) is 0 Å². The number of nitrogens with one attached hydrogen (secondary N) is 2. The van der Waals surface area contributed by atoms with E-state index in [2.05, 4.69) is 26.7 Å². The first-order valence-corrected chi connectivity index (χ1v) is 12.8. The lowest BCUT2D eigenvalue weighted by Crippen LogP contribution is -2.05. The predicted molar refractivity (Wildman–Crippen MR) is 134 cm³/mol. The van der Waals surface area contributed by atoms with Crippen LogP contribution in [0, 0.1) is 0 Å². The van der Waals surface area contributed by atoms with Gasteiger partial charge < -0.3 is 15.4 Å². The summed E-state index contributed by atoms with van der Waals surface area (Å²) in [6.45, 7) is 0.488. The number of halogens is 1. The molecule has 0 aliphatic carbocycles. The number of rotatable bonds is 2. The summed E-state index contributed by atoms with van der Waals surface area (Å²) in [6.07, 6.45) is 3.42. The van der Waals surface area contributed by atoms with Gasteiger partial charge in [-0.2, -0.15) is 4.98 Å². The molecule has 7 nitrogen and oxygen atoms in total. The van der Waals surface area contributed by atoms with E-state index >= 15 is 0 Å². The molecule has 3 aromatic carbocycles. The van der Waals surface area contributed by atoms with Crippen molar-refractivity contribution in [1.29, 1.82) is 0 Å². The van der Waals surface area contributed by atoms with Crippen LogP contribution in [-0.4, -0.2) is 31.2 Å². The molecular weight excluding hydrogens is 472 g/mol. The number of anilines is 4. The van der Waals surface area contributed by atoms with E-state index in [1.54, 1.807) is 30.5 Å². The Labute approximate surface area is 202 Å². The van der Waals surface area contributed by atoms with Crippen LogP contribution < -0.4 is 15.4 Å². The molecule has 1 aliphatic rings. The zero-order valence-corrected chi connectivity index (χ0v) is 19.8. The minimum atomic E-state index is -3.26. The number of fused-ring (bicyclic) bond motifs is 6. The summed E-state index contributed by atoms with van der Waals surface area (Å²) in [6, 6.07) is 20.5. The third kappa shape index (κ3) is 4.98. The van der Waals surface area contributed by atoms with Gasteiger partial charge in [-0.1, -0.05) is 35.9 Å². The second kappa shape index (κ2) is 8.96. The maximum Gasteiger partial charge on any atom is 0.229 e. The molecule has 0 unspecified atom stereocenters. The standard InChI is InChI=1S/C25H21ClN4O3S/c1-34(31,32)22-7-5-17(6-8-22)18-11-16-9-10-33-21-4-2-3-19(14-21)28-24-23(26)15-27-25(30-24)29-20(12-16)13-18/h2-8,11-15H,9-10H2,1H3,(H2,27,28,29,30). The topological polar surface area (TPSA) is 93.2 Å². The van der Waals surface area contributed by atoms with E-state index < -0.39 is 9.84 Å². The van der Waals surface area contributed by atoms with E-state index in [4.69, 9.17) is 16.3 Å². The second-order valence-electron chi connectivity index (χ2n) is 7.98. The van der Waals surface area contributed by atoms with Crippen LogP contribution in [-0.2, 0) is 16.3 Å². The van der Waals surface area contributed by atoms with Gasteiger partial charge in [0.1, 0.15) is 10.8 Å². The lowest BCUT2D eigenvalue weighted by molar-refractivity contribution is 0.322. The molecule has 1 aromatic heterocycles. The van der Waals surface area contributed by atoms with E-state index in [-0.39, 0.29) is 4.90 Å². The van der Waals surface area contributed by atoms with Gasteiger partial charge in [-0.15, -0.1) is 0 Å². The Morgan fingerprint density at radius 2 is 1.76 bits per heavy atom. The Morgan fingerprint density at radius 1 is 0.941 bits per heavy atom. The summed E-state index contributed by atoms with van der Waals surface area (Å²) in [5.74, 6) is 1.60. The number of sulfone groups is 1. The smallest absolute Gasteiger partial charge is 0.229 e. The Kier molecular flexibility index (Phi) is 5.85. The van der Waals surface area contributed by atoms with E-state index in [1.165, 1.54) is 6.26 Å². The van der Waals surface area contributed by atoms with Gasteiger partial charge in [0, 0.05) is 30.1 Å². The highest BCUT2D eigenvalue weighted by molar-refractivity contribution is 7.90. The molecule has 9 heteroatoms. The number of nitrogens with zero attached hydrogens (tertiary/aromatic N) is 2. The van der Waals surface area contributed by atoms with Crippen LogP contribution in [0.15, 0.2) is 77.8 Å². The number of ether oxygens (including phenoxy) is 1. The molecule has 0 radical (unpaired) electrons. The fourth-order valence-electron chi connectivity index (χ4n) is 3.70. The number of hydrogen-bond donors (Lipinski definition) is 2. The third-order valence-electron chi connectivity index (χ3n) is 5.37. The van der Waals surface area contributed by atoms with Crippen LogP contribution in [0.4, 0.5) is 23.1 Å². The normalized spacial score (nSPS) is 13.1. The highest BCUT2D eigenvalue weighted by Crippen LogP contribution is 2.30. The van der Waals surface area contributed by atoms with E-state index in [1.807, 2.05) is 36.4 Å². The molecule has 34 heavy (non-hydrogen) atoms. The molecule has 0 saturated heterocycles. The van der Waals surface area contributed by atoms with Gasteiger partial charge in [-0.05, 0) is 53.1 Å². The van der Waals surface area contributed by atoms with Crippen molar-refractivity contribution in [3.05, 3.63) is 83.5 Å². The molecular formula is C25H21ClN4O3S. The minimum Gasteiger partial charge on any atom is -0.493 e. The maximum absolute atomic E-state index is 11.8. The zero-order chi connectivity index (χ0) is 23.7. The monoisotopic (exact) mass is 492 g/mol. The van der Waals surface area contributed by atoms with Crippen LogP contribution in [0.2, 0.25) is 5.02 Å². The molecule has 172 valence electrons. The van der Waals surface area contributed by atoms with Gasteiger partial charge >= 0.3 is 0 Å². The Hall–Kier alpha value is -3.62. The summed E-state index contributed by atoms with van der Waals surface area (Å²) < 4.78 is 29.6. The summed E-state index contributed by atoms with van der Waals surface area (Å²) in [7, 11) is -3.26. The fourth-order valence-corrected chi connectivity index (χ4v) is 4.47. The summed E-state index contributed by atoms with van der Waals surface area (Å²) in [5.41, 5.74) is 4.48. The molecule has 2 N–H and O–H groups in total. The predicted octanol–water partition coefficient (Wildman–Crippen LogP) is 5.62. The molecule has 0 spiro atoms. The summed E-state index contributed by atoms with van der Waals surface area (Å²) in [5, 5.41) is 6.87. The SMILES string of the molecule is CS(=O)(=O)c1ccc(-c2cc3cc(c2)Nc2ncc(Cl)c(n2)Nc2cccc(c2)OCC3)cc1. The zero-order valence-electron chi connectivity index (χ0n) is 18.2. The van der Waals surface area contributed by atoms with Crippen molar-refractivity contribution in [2.24, 2.45) is 0 Å². The molecule has 1 aliphatic heterocycles. The highest BCUT2D eigenvalue weighted by atomic mass is 35.5. The van der Waals surface area contributed by atoms with Crippen LogP contribution in [0.5, 0.6) is 5.75 Å². The van der Waals surface area contributed by atoms with Crippen LogP contribution in [0.3, 0.4) is 0 Å². The van der Waals surface area contributed by atoms with Crippen molar-refractivity contribution in [1.82, 2.24) is 9.97 Å². The summed E-state index contributed by atoms with van der Waals surface area (Å²) >= 11 is 6.32. The van der Waals surface area contributed by atoms with E-state index in [0.29, 0.717) is 29.8 Å². The average Bonchev–Trinajstić information content (AvgIpc) is 2.80. The fraction of sp³-hybridized carbons (Fsp3) is 0.120. The molecule has 5 rings (SSSR count). The average molecular weight is 493 g/mol. The van der Waals surface area contributed by atoms with Crippen molar-refractivity contribution < 1.29 is 13.2 Å². The van der Waals surface area contributed by atoms with Crippen LogP contribution >= 0.6 is 11.6 Å². The number of benzene rings is 3. The Balaban J connectivity index is 1.56. The molecule has 4 aromatic rings. The molecule has 0 atom stereocenters. The van der Waals surface area contributed by atoms with Gasteiger partial charge in [0.15, 0.2) is 15.7 Å². The van der Waals surface area contributed by atoms with Crippen molar-refractivity contribution in [2.45, 2.75) is 11.3 Å². The highest BCUT2D eigenvalue weighted by Gasteiger charge is 2.12. The number of hydrogen-bond acceptors (Lipinski definition) is 7. The van der Waals surface area contributed by atoms with E-state index in [0.717, 1.165) is 33.8 Å². The van der Waals surface area contributed by atoms with Crippen molar-refractivity contribution in [2.75, 3.05) is 23.5 Å². The maximum atomic E-state index is 11.8. The van der Waals surface area contributed by atoms with E-state index in [9.17, 15) is 8.42 Å². The molecule has 0 fully saturated rings. The van der Waals surface area contributed by atoms with Gasteiger partial charge in [0.05, 0.1) is 17.7 Å². The Morgan fingerprint density at radius 3 is 2.56 bits per heavy atom. The van der Waals surface area contributed by atoms with Crippen molar-refractivity contribution in [3.63, 3.8) is 0 Å². The van der Waals surface area contributed by atoms with Crippen molar-refractivity contribution >= 4 is 44.6 Å². The first-order chi connectivity index (χ1) is 16.3. The van der Waals surface area contributed by atoms with Crippen LogP contribution in [0.25, 0.3) is 11.1 Å². The van der Waals surface area contributed by atoms with Gasteiger partial charge in [-0.25, -0.2) is 13.4 Å². The number of aromatic nitrogens is 2. The Bertz CT molecular complexity index is 1470. The van der Waals surface area contributed by atoms with Crippen LogP contribution in [0.1, 0.15) is 5.56 Å². The lowest BCUT2D eigenvalue weighted by Gasteiger charge is -2.15. The first kappa shape index (κ1) is 22.2. The van der Waals surface area contributed by atoms with Gasteiger partial charge in [0.2, 0.25) is 5.95 Å². The molecule has 0 saturated carbocycles. The first-order valence-electron chi connectivity index (χ1n) is 10.6. The third-order valence-corrected chi connectivity index (χ3v) is 6.77. The van der Waals surface area contributed by atoms with Gasteiger partial charge in [0.25, 0.3) is 0 Å². The molecule has 0 amide bonds. The lowest BCUT2D eigenvalue weighted by atomic mass is 10.0. The summed E-state index contributed by atoms with van der Waals surface area (Å²) in [4.78, 5) is 9.14. The molecule has 2 heterocycles. The minimum absolute atomic E-state index is 0.283. The molecule has 6 bridgehead atoms. The quantitative estimate of drug-likeness (QED) is 0.375. The second-order valence-corrected chi connectivity index (χ2v) is 10.4. The van der Waals surface area contributed by atoms with Crippen molar-refractivity contribution in [3.8, 4) is 16.9 Å². The largest absolute Gasteiger partial charge is 0.493 e.